The van der Waals surface area contributed by atoms with Crippen LogP contribution in [0.3, 0.4) is 0 Å². The van der Waals surface area contributed by atoms with Gasteiger partial charge in [-0.1, -0.05) is 55.8 Å². The Bertz CT molecular complexity index is 1670. The van der Waals surface area contributed by atoms with Crippen molar-refractivity contribution in [2.75, 3.05) is 4.72 Å². The smallest absolute Gasteiger partial charge is 0.337 e. The highest BCUT2D eigenvalue weighted by atomic mass is 32.2. The number of aromatic amines is 1. The fourth-order valence-corrected chi connectivity index (χ4v) is 6.50. The number of aliphatic hydroxyl groups excluding tert-OH is 1. The number of fused-ring (bicyclic) bond motifs is 1. The number of imidazole rings is 1. The van der Waals surface area contributed by atoms with Crippen LogP contribution in [0.5, 0.6) is 0 Å². The zero-order valence-corrected chi connectivity index (χ0v) is 23.7. The van der Waals surface area contributed by atoms with Crippen LogP contribution in [-0.4, -0.2) is 45.0 Å². The van der Waals surface area contributed by atoms with Gasteiger partial charge in [0.25, 0.3) is 10.0 Å². The van der Waals surface area contributed by atoms with Gasteiger partial charge in [-0.3, -0.25) is 4.72 Å². The molecule has 2 aromatic carbocycles. The largest absolute Gasteiger partial charge is 0.512 e. The van der Waals surface area contributed by atoms with Crippen molar-refractivity contribution in [2.45, 2.75) is 68.9 Å². The lowest BCUT2D eigenvalue weighted by Gasteiger charge is -2.37. The molecule has 1 atom stereocenters. The molecule has 0 radical (unpaired) electrons. The van der Waals surface area contributed by atoms with E-state index >= 15 is 0 Å². The van der Waals surface area contributed by atoms with Gasteiger partial charge in [-0.05, 0) is 61.8 Å². The molecular weight excluding hydrogens is 542 g/mol. The summed E-state index contributed by atoms with van der Waals surface area (Å²) >= 11 is 0. The molecule has 0 saturated heterocycles. The average Bonchev–Trinajstić information content (AvgIpc) is 3.43. The molecule has 1 aliphatic rings. The molecule has 0 saturated carbocycles. The minimum Gasteiger partial charge on any atom is -0.512 e. The molecule has 3 heterocycles. The van der Waals surface area contributed by atoms with Gasteiger partial charge in [0.2, 0.25) is 5.03 Å². The van der Waals surface area contributed by atoms with Crippen LogP contribution in [0.1, 0.15) is 56.6 Å². The number of esters is 1. The topological polar surface area (TPSA) is 147 Å². The minimum absolute atomic E-state index is 0.110. The van der Waals surface area contributed by atoms with Crippen LogP contribution in [-0.2, 0) is 32.4 Å². The highest BCUT2D eigenvalue weighted by Crippen LogP contribution is 2.38. The van der Waals surface area contributed by atoms with Gasteiger partial charge in [0, 0.05) is 12.1 Å². The number of cyclic esters (lactones) is 1. The summed E-state index contributed by atoms with van der Waals surface area (Å²) in [5, 5.41) is 10.7. The van der Waals surface area contributed by atoms with E-state index in [1.807, 2.05) is 31.2 Å². The summed E-state index contributed by atoms with van der Waals surface area (Å²) in [4.78, 5) is 27.7. The lowest BCUT2D eigenvalue weighted by molar-refractivity contribution is -0.161. The number of nitrogens with zero attached hydrogens (tertiary/aromatic N) is 3. The summed E-state index contributed by atoms with van der Waals surface area (Å²) in [5.41, 5.74) is 2.54. The molecule has 2 aromatic heterocycles. The number of sulfonamides is 1. The van der Waals surface area contributed by atoms with E-state index in [1.165, 1.54) is 11.9 Å². The molecule has 0 amide bonds. The summed E-state index contributed by atoms with van der Waals surface area (Å²) in [6.45, 7) is 2.05. The average molecular weight is 576 g/mol. The van der Waals surface area contributed by atoms with Crippen molar-refractivity contribution in [2.24, 2.45) is 0 Å². The van der Waals surface area contributed by atoms with E-state index < -0.39 is 21.6 Å². The lowest BCUT2D eigenvalue weighted by atomic mass is 9.83. The van der Waals surface area contributed by atoms with E-state index in [1.54, 1.807) is 18.2 Å². The van der Waals surface area contributed by atoms with E-state index in [4.69, 9.17) is 4.74 Å². The Morgan fingerprint density at radius 1 is 1.00 bits per heavy atom. The summed E-state index contributed by atoms with van der Waals surface area (Å²) < 4.78 is 34.6. The first kappa shape index (κ1) is 28.3. The van der Waals surface area contributed by atoms with Gasteiger partial charge in [-0.15, -0.1) is 0 Å². The van der Waals surface area contributed by atoms with Crippen molar-refractivity contribution in [3.63, 3.8) is 0 Å². The Balaban J connectivity index is 1.22. The second-order valence-corrected chi connectivity index (χ2v) is 11.9. The number of carbonyl (C=O) groups excluding carboxylic acids is 1. The van der Waals surface area contributed by atoms with E-state index in [9.17, 15) is 18.3 Å². The van der Waals surface area contributed by atoms with Gasteiger partial charge in [0.1, 0.15) is 23.2 Å². The van der Waals surface area contributed by atoms with Crippen LogP contribution in [0, 0.1) is 0 Å². The quantitative estimate of drug-likeness (QED) is 0.150. The number of H-pyrrole nitrogens is 1. The molecule has 41 heavy (non-hydrogen) atoms. The van der Waals surface area contributed by atoms with Crippen molar-refractivity contribution in [3.8, 4) is 0 Å². The van der Waals surface area contributed by atoms with Crippen molar-refractivity contribution < 1.29 is 23.1 Å². The lowest BCUT2D eigenvalue weighted by Crippen LogP contribution is -2.40. The highest BCUT2D eigenvalue weighted by Gasteiger charge is 2.40. The van der Waals surface area contributed by atoms with Crippen LogP contribution < -0.4 is 4.72 Å². The predicted molar refractivity (Wildman–Crippen MR) is 155 cm³/mol. The molecule has 0 spiro atoms. The second kappa shape index (κ2) is 12.1. The van der Waals surface area contributed by atoms with E-state index in [-0.39, 0.29) is 21.9 Å². The maximum Gasteiger partial charge on any atom is 0.337 e. The molecule has 1 unspecified atom stereocenters. The SMILES string of the molecule is CCCC1(CCc2ccccc2)CC(O)=C(CCCc2cccc(NS(=O)(=O)c3ncnc4nc[nH]c34)c2)C(=O)O1. The molecule has 1 aliphatic heterocycles. The Kier molecular flexibility index (Phi) is 8.34. The second-order valence-electron chi connectivity index (χ2n) is 10.3. The Morgan fingerprint density at radius 3 is 2.59 bits per heavy atom. The highest BCUT2D eigenvalue weighted by molar-refractivity contribution is 7.92. The van der Waals surface area contributed by atoms with Crippen molar-refractivity contribution >= 4 is 32.8 Å². The molecule has 0 bridgehead atoms. The van der Waals surface area contributed by atoms with E-state index in [2.05, 4.69) is 36.8 Å². The number of anilines is 1. The standard InChI is InChI=1S/C30H33N5O5S/c1-2-15-30(16-14-21-8-4-3-5-9-21)18-25(36)24(29(37)40-30)13-7-11-22-10-6-12-23(17-22)35-41(38,39)28-26-27(32-19-31-26)33-20-34-28/h3-6,8-10,12,17,19-20,35-36H,2,7,11,13-16,18H2,1H3,(H,31,32,33,34). The molecule has 10 nitrogen and oxygen atoms in total. The summed E-state index contributed by atoms with van der Waals surface area (Å²) in [7, 11) is -3.99. The Labute approximate surface area is 239 Å². The Hall–Kier alpha value is -4.25. The van der Waals surface area contributed by atoms with Crippen LogP contribution in [0.15, 0.2) is 83.6 Å². The van der Waals surface area contributed by atoms with Crippen LogP contribution in [0.4, 0.5) is 5.69 Å². The zero-order valence-electron chi connectivity index (χ0n) is 22.8. The maximum absolute atomic E-state index is 13.0. The number of rotatable bonds is 12. The molecule has 4 aromatic rings. The van der Waals surface area contributed by atoms with Gasteiger partial charge in [0.05, 0.1) is 11.9 Å². The van der Waals surface area contributed by atoms with Gasteiger partial charge in [-0.25, -0.2) is 19.7 Å². The number of hydrogen-bond donors (Lipinski definition) is 3. The first-order chi connectivity index (χ1) is 19.8. The first-order valence-corrected chi connectivity index (χ1v) is 15.2. The number of carbonyl (C=O) groups is 1. The molecule has 5 rings (SSSR count). The third-order valence-electron chi connectivity index (χ3n) is 7.33. The molecule has 11 heteroatoms. The van der Waals surface area contributed by atoms with Crippen molar-refractivity contribution in [3.05, 3.63) is 89.7 Å². The van der Waals surface area contributed by atoms with Crippen molar-refractivity contribution in [1.29, 1.82) is 0 Å². The maximum atomic E-state index is 13.0. The number of aromatic nitrogens is 4. The normalized spacial score (nSPS) is 17.5. The first-order valence-electron chi connectivity index (χ1n) is 13.7. The number of benzene rings is 2. The number of hydrogen-bond acceptors (Lipinski definition) is 8. The predicted octanol–water partition coefficient (Wildman–Crippen LogP) is 5.41. The molecule has 214 valence electrons. The zero-order chi connectivity index (χ0) is 28.9. The molecule has 0 fully saturated rings. The summed E-state index contributed by atoms with van der Waals surface area (Å²) in [5.74, 6) is -0.342. The summed E-state index contributed by atoms with van der Waals surface area (Å²) in [6.07, 6.45) is 7.30. The third-order valence-corrected chi connectivity index (χ3v) is 8.65. The number of nitrogens with one attached hydrogen (secondary N) is 2. The molecule has 0 aliphatic carbocycles. The van der Waals surface area contributed by atoms with E-state index in [0.29, 0.717) is 49.8 Å². The van der Waals surface area contributed by atoms with Crippen molar-refractivity contribution in [1.82, 2.24) is 19.9 Å². The molecule has 3 N–H and O–H groups in total. The number of aliphatic hydroxyl groups is 1. The minimum atomic E-state index is -3.99. The number of ether oxygens (including phenoxy) is 1. The summed E-state index contributed by atoms with van der Waals surface area (Å²) in [6, 6.07) is 17.1. The van der Waals surface area contributed by atoms with Crippen LogP contribution in [0.25, 0.3) is 11.2 Å². The van der Waals surface area contributed by atoms with Crippen LogP contribution >= 0.6 is 0 Å². The van der Waals surface area contributed by atoms with Gasteiger partial charge < -0.3 is 14.8 Å². The third kappa shape index (κ3) is 6.57. The monoisotopic (exact) mass is 575 g/mol. The molecular formula is C30H33N5O5S. The van der Waals surface area contributed by atoms with Gasteiger partial charge >= 0.3 is 5.97 Å². The number of aryl methyl sites for hydroxylation is 2. The van der Waals surface area contributed by atoms with Crippen LogP contribution in [0.2, 0.25) is 0 Å². The van der Waals surface area contributed by atoms with Gasteiger partial charge in [-0.2, -0.15) is 8.42 Å². The van der Waals surface area contributed by atoms with E-state index in [0.717, 1.165) is 24.7 Å². The Morgan fingerprint density at radius 2 is 1.80 bits per heavy atom. The fourth-order valence-electron chi connectivity index (χ4n) is 5.36. The van der Waals surface area contributed by atoms with Gasteiger partial charge in [0.15, 0.2) is 5.65 Å². The fraction of sp³-hybridized carbons (Fsp3) is 0.333.